The molecule has 0 aliphatic carbocycles. The van der Waals surface area contributed by atoms with E-state index in [0.29, 0.717) is 24.3 Å². The number of aliphatic hydroxyl groups is 2. The van der Waals surface area contributed by atoms with E-state index in [1.807, 2.05) is 12.1 Å². The van der Waals surface area contributed by atoms with E-state index in [1.54, 1.807) is 21.1 Å². The Morgan fingerprint density at radius 2 is 1.72 bits per heavy atom. The molecular formula is C13H19BrO4. The van der Waals surface area contributed by atoms with Crippen LogP contribution in [0.15, 0.2) is 16.6 Å². The van der Waals surface area contributed by atoms with Gasteiger partial charge >= 0.3 is 0 Å². The van der Waals surface area contributed by atoms with Crippen molar-refractivity contribution < 1.29 is 19.7 Å². The molecule has 0 radical (unpaired) electrons. The van der Waals surface area contributed by atoms with Gasteiger partial charge in [0.25, 0.3) is 0 Å². The molecule has 0 spiro atoms. The first kappa shape index (κ1) is 15.3. The van der Waals surface area contributed by atoms with E-state index in [1.165, 1.54) is 0 Å². The average Bonchev–Trinajstić information content (AvgIpc) is 2.36. The first-order chi connectivity index (χ1) is 8.49. The average molecular weight is 319 g/mol. The molecule has 5 heteroatoms. The van der Waals surface area contributed by atoms with Gasteiger partial charge in [-0.15, -0.1) is 0 Å². The lowest BCUT2D eigenvalue weighted by Gasteiger charge is -2.15. The fourth-order valence-electron chi connectivity index (χ4n) is 1.63. The molecule has 4 nitrogen and oxygen atoms in total. The maximum Gasteiger partial charge on any atom is 0.161 e. The van der Waals surface area contributed by atoms with Gasteiger partial charge in [-0.3, -0.25) is 0 Å². The Bertz CT molecular complexity index is 393. The lowest BCUT2D eigenvalue weighted by molar-refractivity contribution is 0.0265. The summed E-state index contributed by atoms with van der Waals surface area (Å²) in [5.41, 5.74) is 1.01. The zero-order chi connectivity index (χ0) is 13.7. The minimum Gasteiger partial charge on any atom is -0.493 e. The number of benzene rings is 1. The van der Waals surface area contributed by atoms with Crippen LogP contribution in [0.4, 0.5) is 0 Å². The fourth-order valence-corrected chi connectivity index (χ4v) is 2.15. The molecule has 0 saturated carbocycles. The van der Waals surface area contributed by atoms with Crippen molar-refractivity contribution in [3.63, 3.8) is 0 Å². The monoisotopic (exact) mass is 318 g/mol. The van der Waals surface area contributed by atoms with E-state index in [2.05, 4.69) is 15.9 Å². The van der Waals surface area contributed by atoms with Crippen LogP contribution in [-0.4, -0.2) is 36.6 Å². The van der Waals surface area contributed by atoms with E-state index in [9.17, 15) is 10.2 Å². The quantitative estimate of drug-likeness (QED) is 0.843. The Hall–Kier alpha value is -0.780. The molecule has 0 saturated heterocycles. The molecule has 0 aliphatic heterocycles. The predicted molar refractivity (Wildman–Crippen MR) is 73.3 cm³/mol. The topological polar surface area (TPSA) is 58.9 Å². The highest BCUT2D eigenvalue weighted by Crippen LogP contribution is 2.33. The first-order valence-electron chi connectivity index (χ1n) is 5.76. The van der Waals surface area contributed by atoms with Gasteiger partial charge in [0, 0.05) is 4.47 Å². The second-order valence-electron chi connectivity index (χ2n) is 4.15. The molecule has 0 aromatic heterocycles. The van der Waals surface area contributed by atoms with Crippen molar-refractivity contribution in [1.29, 1.82) is 0 Å². The Kier molecular flexibility index (Phi) is 5.91. The molecule has 2 unspecified atom stereocenters. The summed E-state index contributed by atoms with van der Waals surface area (Å²) >= 11 is 3.46. The second-order valence-corrected chi connectivity index (χ2v) is 5.00. The van der Waals surface area contributed by atoms with Crippen LogP contribution >= 0.6 is 15.9 Å². The third-order valence-electron chi connectivity index (χ3n) is 2.82. The molecule has 0 amide bonds. The zero-order valence-electron chi connectivity index (χ0n) is 10.8. The van der Waals surface area contributed by atoms with Crippen molar-refractivity contribution in [2.45, 2.75) is 32.0 Å². The molecular weight excluding hydrogens is 300 g/mol. The van der Waals surface area contributed by atoms with Gasteiger partial charge < -0.3 is 19.7 Å². The summed E-state index contributed by atoms with van der Waals surface area (Å²) in [6.07, 6.45) is -0.299. The summed E-state index contributed by atoms with van der Waals surface area (Å²) in [5, 5.41) is 18.8. The Morgan fingerprint density at radius 1 is 1.17 bits per heavy atom. The van der Waals surface area contributed by atoms with Gasteiger partial charge in [-0.2, -0.15) is 0 Å². The number of aliphatic hydroxyl groups excluding tert-OH is 2. The van der Waals surface area contributed by atoms with Gasteiger partial charge in [-0.1, -0.05) is 15.9 Å². The molecule has 0 heterocycles. The van der Waals surface area contributed by atoms with E-state index in [-0.39, 0.29) is 0 Å². The second kappa shape index (κ2) is 6.97. The zero-order valence-corrected chi connectivity index (χ0v) is 12.4. The lowest BCUT2D eigenvalue weighted by atomic mass is 10.0. The number of rotatable bonds is 6. The van der Waals surface area contributed by atoms with Crippen LogP contribution in [0, 0.1) is 0 Å². The summed E-state index contributed by atoms with van der Waals surface area (Å²) in [5.74, 6) is 1.31. The highest BCUT2D eigenvalue weighted by molar-refractivity contribution is 9.10. The number of ether oxygens (including phenoxy) is 2. The SMILES string of the molecule is COc1cc(Br)c(CCC(O)C(C)O)cc1OC. The molecule has 0 fully saturated rings. The molecule has 2 atom stereocenters. The van der Waals surface area contributed by atoms with E-state index in [4.69, 9.17) is 9.47 Å². The van der Waals surface area contributed by atoms with Gasteiger partial charge in [-0.05, 0) is 37.5 Å². The molecule has 1 aromatic carbocycles. The summed E-state index contributed by atoms with van der Waals surface area (Å²) in [6, 6.07) is 3.71. The standard InChI is InChI=1S/C13H19BrO4/c1-8(15)11(16)5-4-9-6-12(17-2)13(18-3)7-10(9)14/h6-8,11,15-16H,4-5H2,1-3H3. The number of aryl methyl sites for hydroxylation is 1. The van der Waals surface area contributed by atoms with Crippen LogP contribution in [-0.2, 0) is 6.42 Å². The molecule has 18 heavy (non-hydrogen) atoms. The smallest absolute Gasteiger partial charge is 0.161 e. The minimum atomic E-state index is -0.719. The van der Waals surface area contributed by atoms with Crippen molar-refractivity contribution in [2.75, 3.05) is 14.2 Å². The molecule has 0 aliphatic rings. The predicted octanol–water partition coefficient (Wildman–Crippen LogP) is 2.14. The number of hydrogen-bond donors (Lipinski definition) is 2. The van der Waals surface area contributed by atoms with Gasteiger partial charge in [0.15, 0.2) is 11.5 Å². The highest BCUT2D eigenvalue weighted by atomic mass is 79.9. The fraction of sp³-hybridized carbons (Fsp3) is 0.538. The van der Waals surface area contributed by atoms with Gasteiger partial charge in [0.05, 0.1) is 26.4 Å². The maximum atomic E-state index is 9.58. The Morgan fingerprint density at radius 3 is 2.22 bits per heavy atom. The van der Waals surface area contributed by atoms with Crippen LogP contribution in [0.25, 0.3) is 0 Å². The number of halogens is 1. The van der Waals surface area contributed by atoms with Gasteiger partial charge in [0.1, 0.15) is 0 Å². The van der Waals surface area contributed by atoms with E-state index < -0.39 is 12.2 Å². The third-order valence-corrected chi connectivity index (χ3v) is 3.56. The molecule has 2 N–H and O–H groups in total. The normalized spacial score (nSPS) is 14.1. The molecule has 1 aromatic rings. The van der Waals surface area contributed by atoms with Crippen LogP contribution in [0.5, 0.6) is 11.5 Å². The van der Waals surface area contributed by atoms with Gasteiger partial charge in [-0.25, -0.2) is 0 Å². The van der Waals surface area contributed by atoms with Crippen LogP contribution in [0.1, 0.15) is 18.9 Å². The van der Waals surface area contributed by atoms with E-state index >= 15 is 0 Å². The summed E-state index contributed by atoms with van der Waals surface area (Å²) < 4.78 is 11.3. The number of methoxy groups -OCH3 is 2. The molecule has 0 bridgehead atoms. The van der Waals surface area contributed by atoms with Crippen molar-refractivity contribution in [3.8, 4) is 11.5 Å². The summed E-state index contributed by atoms with van der Waals surface area (Å²) in [7, 11) is 3.17. The minimum absolute atomic E-state index is 0.492. The maximum absolute atomic E-state index is 9.58. The molecule has 1 rings (SSSR count). The Balaban J connectivity index is 2.83. The summed E-state index contributed by atoms with van der Waals surface area (Å²) in [4.78, 5) is 0. The lowest BCUT2D eigenvalue weighted by Crippen LogP contribution is -2.22. The summed E-state index contributed by atoms with van der Waals surface area (Å²) in [6.45, 7) is 1.58. The third kappa shape index (κ3) is 3.86. The Labute approximate surface area is 116 Å². The van der Waals surface area contributed by atoms with Crippen LogP contribution in [0.3, 0.4) is 0 Å². The van der Waals surface area contributed by atoms with Crippen molar-refractivity contribution in [2.24, 2.45) is 0 Å². The van der Waals surface area contributed by atoms with Crippen LogP contribution < -0.4 is 9.47 Å². The van der Waals surface area contributed by atoms with Gasteiger partial charge in [0.2, 0.25) is 0 Å². The van der Waals surface area contributed by atoms with Crippen molar-refractivity contribution in [3.05, 3.63) is 22.2 Å². The highest BCUT2D eigenvalue weighted by Gasteiger charge is 2.14. The largest absolute Gasteiger partial charge is 0.493 e. The molecule has 102 valence electrons. The first-order valence-corrected chi connectivity index (χ1v) is 6.55. The van der Waals surface area contributed by atoms with Crippen molar-refractivity contribution >= 4 is 15.9 Å². The van der Waals surface area contributed by atoms with Crippen molar-refractivity contribution in [1.82, 2.24) is 0 Å². The number of hydrogen-bond acceptors (Lipinski definition) is 4. The van der Waals surface area contributed by atoms with E-state index in [0.717, 1.165) is 10.0 Å². The van der Waals surface area contributed by atoms with Crippen LogP contribution in [0.2, 0.25) is 0 Å².